The first kappa shape index (κ1) is 13.8. The average molecular weight is 268 g/mol. The van der Waals surface area contributed by atoms with Crippen LogP contribution in [0.3, 0.4) is 0 Å². The number of halogens is 1. The molecule has 18 heavy (non-hydrogen) atoms. The molecule has 1 aromatic rings. The van der Waals surface area contributed by atoms with Crippen LogP contribution < -0.4 is 5.32 Å². The highest BCUT2D eigenvalue weighted by Crippen LogP contribution is 2.13. The van der Waals surface area contributed by atoms with E-state index in [0.717, 1.165) is 23.7 Å². The number of aromatic nitrogens is 1. The second kappa shape index (κ2) is 7.07. The lowest BCUT2D eigenvalue weighted by molar-refractivity contribution is 0.209. The molecule has 0 amide bonds. The monoisotopic (exact) mass is 267 g/mol. The summed E-state index contributed by atoms with van der Waals surface area (Å²) in [7, 11) is 0. The third kappa shape index (κ3) is 4.23. The molecule has 0 saturated carbocycles. The van der Waals surface area contributed by atoms with Crippen LogP contribution in [0.5, 0.6) is 0 Å². The van der Waals surface area contributed by atoms with Crippen LogP contribution >= 0.6 is 11.6 Å². The second-order valence-electron chi connectivity index (χ2n) is 5.11. The SMILES string of the molecule is CC(CN1CCCCC1)NCc1ccncc1Cl. The largest absolute Gasteiger partial charge is 0.309 e. The van der Waals surface area contributed by atoms with Crippen molar-refractivity contribution >= 4 is 11.6 Å². The van der Waals surface area contributed by atoms with E-state index >= 15 is 0 Å². The average Bonchev–Trinajstić information content (AvgIpc) is 2.39. The molecule has 1 fully saturated rings. The summed E-state index contributed by atoms with van der Waals surface area (Å²) < 4.78 is 0. The molecule has 0 spiro atoms. The first-order valence-corrected chi connectivity index (χ1v) is 7.17. The van der Waals surface area contributed by atoms with Gasteiger partial charge in [0, 0.05) is 31.5 Å². The fourth-order valence-corrected chi connectivity index (χ4v) is 2.61. The standard InChI is InChI=1S/C14H22ClN3/c1-12(11-18-7-3-2-4-8-18)17-9-13-5-6-16-10-14(13)15/h5-6,10,12,17H,2-4,7-9,11H2,1H3. The lowest BCUT2D eigenvalue weighted by atomic mass is 10.1. The summed E-state index contributed by atoms with van der Waals surface area (Å²) in [6.45, 7) is 6.69. The van der Waals surface area contributed by atoms with Crippen molar-refractivity contribution in [1.82, 2.24) is 15.2 Å². The number of nitrogens with one attached hydrogen (secondary N) is 1. The summed E-state index contributed by atoms with van der Waals surface area (Å²) in [5, 5.41) is 4.28. The molecule has 1 aliphatic rings. The first-order chi connectivity index (χ1) is 8.75. The molecule has 1 atom stereocenters. The Kier molecular flexibility index (Phi) is 5.42. The van der Waals surface area contributed by atoms with Crippen molar-refractivity contribution in [1.29, 1.82) is 0 Å². The van der Waals surface area contributed by atoms with E-state index in [1.54, 1.807) is 12.4 Å². The van der Waals surface area contributed by atoms with E-state index in [1.165, 1.54) is 32.4 Å². The van der Waals surface area contributed by atoms with Gasteiger partial charge in [-0.2, -0.15) is 0 Å². The van der Waals surface area contributed by atoms with Gasteiger partial charge in [0.05, 0.1) is 5.02 Å². The Morgan fingerprint density at radius 1 is 1.39 bits per heavy atom. The highest BCUT2D eigenvalue weighted by atomic mass is 35.5. The lowest BCUT2D eigenvalue weighted by Gasteiger charge is -2.29. The Hall–Kier alpha value is -0.640. The maximum absolute atomic E-state index is 6.09. The van der Waals surface area contributed by atoms with E-state index in [2.05, 4.69) is 22.1 Å². The Morgan fingerprint density at radius 3 is 2.89 bits per heavy atom. The fraction of sp³-hybridized carbons (Fsp3) is 0.643. The summed E-state index contributed by atoms with van der Waals surface area (Å²) in [6, 6.07) is 2.47. The van der Waals surface area contributed by atoms with Crippen molar-refractivity contribution in [2.45, 2.75) is 38.8 Å². The normalized spacial score (nSPS) is 18.8. The van der Waals surface area contributed by atoms with Crippen molar-refractivity contribution in [2.24, 2.45) is 0 Å². The third-order valence-electron chi connectivity index (χ3n) is 3.48. The number of hydrogen-bond donors (Lipinski definition) is 1. The van der Waals surface area contributed by atoms with Crippen LogP contribution in [0.1, 0.15) is 31.7 Å². The van der Waals surface area contributed by atoms with E-state index < -0.39 is 0 Å². The molecular weight excluding hydrogens is 246 g/mol. The van der Waals surface area contributed by atoms with Crippen LogP contribution in [-0.4, -0.2) is 35.6 Å². The smallest absolute Gasteiger partial charge is 0.0634 e. The van der Waals surface area contributed by atoms with Crippen LogP contribution in [0.2, 0.25) is 5.02 Å². The quantitative estimate of drug-likeness (QED) is 0.889. The molecule has 1 N–H and O–H groups in total. The predicted octanol–water partition coefficient (Wildman–Crippen LogP) is 2.70. The maximum atomic E-state index is 6.09. The Morgan fingerprint density at radius 2 is 2.17 bits per heavy atom. The van der Waals surface area contributed by atoms with Gasteiger partial charge in [0.15, 0.2) is 0 Å². The Bertz CT molecular complexity index is 364. The molecule has 1 aliphatic heterocycles. The zero-order valence-electron chi connectivity index (χ0n) is 11.0. The molecule has 2 heterocycles. The molecule has 1 aromatic heterocycles. The van der Waals surface area contributed by atoms with Gasteiger partial charge in [-0.1, -0.05) is 18.0 Å². The zero-order chi connectivity index (χ0) is 12.8. The van der Waals surface area contributed by atoms with E-state index in [0.29, 0.717) is 6.04 Å². The minimum atomic E-state index is 0.493. The molecule has 0 radical (unpaired) electrons. The molecule has 0 aliphatic carbocycles. The van der Waals surface area contributed by atoms with Gasteiger partial charge in [0.25, 0.3) is 0 Å². The fourth-order valence-electron chi connectivity index (χ4n) is 2.43. The molecular formula is C14H22ClN3. The minimum absolute atomic E-state index is 0.493. The number of nitrogens with zero attached hydrogens (tertiary/aromatic N) is 2. The molecule has 2 rings (SSSR count). The van der Waals surface area contributed by atoms with E-state index in [9.17, 15) is 0 Å². The number of piperidine rings is 1. The van der Waals surface area contributed by atoms with Crippen molar-refractivity contribution < 1.29 is 0 Å². The van der Waals surface area contributed by atoms with Crippen LogP contribution in [0.4, 0.5) is 0 Å². The summed E-state index contributed by atoms with van der Waals surface area (Å²) >= 11 is 6.09. The number of hydrogen-bond acceptors (Lipinski definition) is 3. The zero-order valence-corrected chi connectivity index (χ0v) is 11.8. The topological polar surface area (TPSA) is 28.2 Å². The van der Waals surface area contributed by atoms with Gasteiger partial charge in [0.2, 0.25) is 0 Å². The van der Waals surface area contributed by atoms with Gasteiger partial charge in [-0.25, -0.2) is 0 Å². The molecule has 4 heteroatoms. The number of likely N-dealkylation sites (tertiary alicyclic amines) is 1. The summed E-state index contributed by atoms with van der Waals surface area (Å²) in [4.78, 5) is 6.55. The minimum Gasteiger partial charge on any atom is -0.309 e. The molecule has 1 saturated heterocycles. The van der Waals surface area contributed by atoms with Crippen molar-refractivity contribution in [2.75, 3.05) is 19.6 Å². The number of rotatable bonds is 5. The van der Waals surface area contributed by atoms with Gasteiger partial charge in [-0.3, -0.25) is 4.98 Å². The number of pyridine rings is 1. The van der Waals surface area contributed by atoms with Crippen molar-refractivity contribution in [3.05, 3.63) is 29.0 Å². The van der Waals surface area contributed by atoms with Crippen LogP contribution in [0.25, 0.3) is 0 Å². The predicted molar refractivity (Wildman–Crippen MR) is 75.8 cm³/mol. The second-order valence-corrected chi connectivity index (χ2v) is 5.52. The summed E-state index contributed by atoms with van der Waals surface area (Å²) in [5.74, 6) is 0. The van der Waals surface area contributed by atoms with Gasteiger partial charge >= 0.3 is 0 Å². The Balaban J connectivity index is 1.74. The maximum Gasteiger partial charge on any atom is 0.0634 e. The molecule has 0 bridgehead atoms. The van der Waals surface area contributed by atoms with Gasteiger partial charge in [-0.15, -0.1) is 0 Å². The van der Waals surface area contributed by atoms with Gasteiger partial charge in [0.1, 0.15) is 0 Å². The third-order valence-corrected chi connectivity index (χ3v) is 3.82. The van der Waals surface area contributed by atoms with E-state index in [-0.39, 0.29) is 0 Å². The van der Waals surface area contributed by atoms with Crippen LogP contribution in [-0.2, 0) is 6.54 Å². The highest BCUT2D eigenvalue weighted by molar-refractivity contribution is 6.31. The first-order valence-electron chi connectivity index (χ1n) is 6.80. The Labute approximate surface area is 115 Å². The van der Waals surface area contributed by atoms with Gasteiger partial charge < -0.3 is 10.2 Å². The highest BCUT2D eigenvalue weighted by Gasteiger charge is 2.13. The molecule has 100 valence electrons. The van der Waals surface area contributed by atoms with E-state index in [1.807, 2.05) is 6.07 Å². The summed E-state index contributed by atoms with van der Waals surface area (Å²) in [5.41, 5.74) is 1.12. The van der Waals surface area contributed by atoms with Gasteiger partial charge in [-0.05, 0) is 44.5 Å². The lowest BCUT2D eigenvalue weighted by Crippen LogP contribution is -2.41. The van der Waals surface area contributed by atoms with Crippen molar-refractivity contribution in [3.8, 4) is 0 Å². The molecule has 3 nitrogen and oxygen atoms in total. The molecule has 1 unspecified atom stereocenters. The van der Waals surface area contributed by atoms with E-state index in [4.69, 9.17) is 11.6 Å². The van der Waals surface area contributed by atoms with Crippen LogP contribution in [0, 0.1) is 0 Å². The molecule has 0 aromatic carbocycles. The summed E-state index contributed by atoms with van der Waals surface area (Å²) in [6.07, 6.45) is 7.59. The van der Waals surface area contributed by atoms with Crippen molar-refractivity contribution in [3.63, 3.8) is 0 Å². The van der Waals surface area contributed by atoms with Crippen LogP contribution in [0.15, 0.2) is 18.5 Å².